The molecule has 0 aromatic heterocycles. The molecular formula is C19H24N2O4. The van der Waals surface area contributed by atoms with E-state index >= 15 is 0 Å². The van der Waals surface area contributed by atoms with Crippen molar-refractivity contribution in [2.24, 2.45) is 0 Å². The van der Waals surface area contributed by atoms with Gasteiger partial charge in [-0.05, 0) is 24.6 Å². The van der Waals surface area contributed by atoms with Gasteiger partial charge in [0.1, 0.15) is 6.61 Å². The van der Waals surface area contributed by atoms with Crippen LogP contribution in [0.4, 0.5) is 4.79 Å². The van der Waals surface area contributed by atoms with Crippen molar-refractivity contribution < 1.29 is 19.0 Å². The number of urea groups is 1. The lowest BCUT2D eigenvalue weighted by Crippen LogP contribution is -2.37. The van der Waals surface area contributed by atoms with Crippen LogP contribution in [0.3, 0.4) is 0 Å². The number of nitrogens with one attached hydrogen (secondary N) is 2. The summed E-state index contributed by atoms with van der Waals surface area (Å²) in [7, 11) is 3.13. The van der Waals surface area contributed by atoms with Crippen LogP contribution in [-0.4, -0.2) is 33.4 Å². The topological polar surface area (TPSA) is 68.8 Å². The second-order valence-electron chi connectivity index (χ2n) is 5.44. The number of ether oxygens (including phenoxy) is 3. The molecular weight excluding hydrogens is 320 g/mol. The van der Waals surface area contributed by atoms with Crippen LogP contribution in [0.15, 0.2) is 42.5 Å². The first-order valence-electron chi connectivity index (χ1n) is 8.05. The molecule has 6 nitrogen and oxygen atoms in total. The number of para-hydroxylation sites is 1. The standard InChI is InChI=1S/C19H24N2O4/c1-14-7-9-15(10-8-14)13-21-19(22)20-11-12-25-17-6-4-5-16(23-2)18(17)24-3/h4-10H,11-13H2,1-3H3,(H2,20,21,22). The van der Waals surface area contributed by atoms with Crippen LogP contribution >= 0.6 is 0 Å². The molecule has 0 spiro atoms. The number of rotatable bonds is 8. The minimum atomic E-state index is -0.234. The third kappa shape index (κ3) is 5.60. The Bertz CT molecular complexity index is 686. The first kappa shape index (κ1) is 18.4. The van der Waals surface area contributed by atoms with Crippen LogP contribution in [0.25, 0.3) is 0 Å². The average Bonchev–Trinajstić information content (AvgIpc) is 2.64. The van der Waals surface area contributed by atoms with Crippen molar-refractivity contribution in [2.75, 3.05) is 27.4 Å². The highest BCUT2D eigenvalue weighted by molar-refractivity contribution is 5.73. The van der Waals surface area contributed by atoms with Crippen molar-refractivity contribution in [3.8, 4) is 17.2 Å². The first-order chi connectivity index (χ1) is 12.1. The van der Waals surface area contributed by atoms with Crippen molar-refractivity contribution in [2.45, 2.75) is 13.5 Å². The van der Waals surface area contributed by atoms with Crippen molar-refractivity contribution in [3.63, 3.8) is 0 Å². The van der Waals surface area contributed by atoms with E-state index < -0.39 is 0 Å². The van der Waals surface area contributed by atoms with Gasteiger partial charge in [-0.1, -0.05) is 35.9 Å². The number of methoxy groups -OCH3 is 2. The number of aryl methyl sites for hydroxylation is 1. The SMILES string of the molecule is COc1cccc(OCCNC(=O)NCc2ccc(C)cc2)c1OC. The van der Waals surface area contributed by atoms with E-state index in [0.29, 0.717) is 36.9 Å². The van der Waals surface area contributed by atoms with Gasteiger partial charge in [0.2, 0.25) is 5.75 Å². The summed E-state index contributed by atoms with van der Waals surface area (Å²) in [5.74, 6) is 1.71. The molecule has 6 heteroatoms. The third-order valence-electron chi connectivity index (χ3n) is 3.59. The van der Waals surface area contributed by atoms with E-state index in [0.717, 1.165) is 5.56 Å². The Morgan fingerprint density at radius 1 is 0.960 bits per heavy atom. The molecule has 2 amide bonds. The van der Waals surface area contributed by atoms with Crippen LogP contribution in [0.1, 0.15) is 11.1 Å². The molecule has 0 fully saturated rings. The van der Waals surface area contributed by atoms with Gasteiger partial charge in [0.05, 0.1) is 20.8 Å². The van der Waals surface area contributed by atoms with E-state index in [1.54, 1.807) is 26.4 Å². The fraction of sp³-hybridized carbons (Fsp3) is 0.316. The molecule has 2 aromatic carbocycles. The molecule has 2 N–H and O–H groups in total. The van der Waals surface area contributed by atoms with Crippen LogP contribution in [0.2, 0.25) is 0 Å². The minimum Gasteiger partial charge on any atom is -0.493 e. The molecule has 0 aliphatic heterocycles. The molecule has 25 heavy (non-hydrogen) atoms. The summed E-state index contributed by atoms with van der Waals surface area (Å²) in [5, 5.41) is 5.56. The van der Waals surface area contributed by atoms with E-state index in [2.05, 4.69) is 10.6 Å². The molecule has 0 heterocycles. The second-order valence-corrected chi connectivity index (χ2v) is 5.44. The summed E-state index contributed by atoms with van der Waals surface area (Å²) < 4.78 is 16.2. The van der Waals surface area contributed by atoms with Gasteiger partial charge in [-0.15, -0.1) is 0 Å². The molecule has 0 saturated heterocycles. The van der Waals surface area contributed by atoms with Crippen LogP contribution in [-0.2, 0) is 6.54 Å². The quantitative estimate of drug-likeness (QED) is 0.723. The maximum atomic E-state index is 11.8. The first-order valence-corrected chi connectivity index (χ1v) is 8.05. The molecule has 2 aromatic rings. The maximum Gasteiger partial charge on any atom is 0.315 e. The Labute approximate surface area is 148 Å². The highest BCUT2D eigenvalue weighted by atomic mass is 16.5. The normalized spacial score (nSPS) is 10.0. The number of carbonyl (C=O) groups is 1. The van der Waals surface area contributed by atoms with E-state index in [1.165, 1.54) is 5.56 Å². The number of amides is 2. The molecule has 0 unspecified atom stereocenters. The summed E-state index contributed by atoms with van der Waals surface area (Å²) in [6.07, 6.45) is 0. The zero-order chi connectivity index (χ0) is 18.1. The van der Waals surface area contributed by atoms with Gasteiger partial charge < -0.3 is 24.8 Å². The number of hydrogen-bond acceptors (Lipinski definition) is 4. The molecule has 2 rings (SSSR count). The largest absolute Gasteiger partial charge is 0.493 e. The Morgan fingerprint density at radius 2 is 1.68 bits per heavy atom. The van der Waals surface area contributed by atoms with Gasteiger partial charge >= 0.3 is 6.03 Å². The van der Waals surface area contributed by atoms with E-state index in [9.17, 15) is 4.79 Å². The number of carbonyl (C=O) groups excluding carboxylic acids is 1. The Kier molecular flexibility index (Phi) is 6.95. The third-order valence-corrected chi connectivity index (χ3v) is 3.59. The fourth-order valence-corrected chi connectivity index (χ4v) is 2.25. The molecule has 0 aliphatic carbocycles. The van der Waals surface area contributed by atoms with Crippen molar-refractivity contribution >= 4 is 6.03 Å². The molecule has 0 saturated carbocycles. The fourth-order valence-electron chi connectivity index (χ4n) is 2.25. The van der Waals surface area contributed by atoms with Crippen molar-refractivity contribution in [1.29, 1.82) is 0 Å². The lowest BCUT2D eigenvalue weighted by molar-refractivity contribution is 0.235. The lowest BCUT2D eigenvalue weighted by Gasteiger charge is -2.14. The van der Waals surface area contributed by atoms with Gasteiger partial charge in [0, 0.05) is 6.54 Å². The highest BCUT2D eigenvalue weighted by Gasteiger charge is 2.10. The molecule has 0 bridgehead atoms. The molecule has 0 atom stereocenters. The maximum absolute atomic E-state index is 11.8. The van der Waals surface area contributed by atoms with Crippen molar-refractivity contribution in [1.82, 2.24) is 10.6 Å². The van der Waals surface area contributed by atoms with Crippen molar-refractivity contribution in [3.05, 3.63) is 53.6 Å². The second kappa shape index (κ2) is 9.42. The monoisotopic (exact) mass is 344 g/mol. The Hall–Kier alpha value is -2.89. The summed E-state index contributed by atoms with van der Waals surface area (Å²) in [4.78, 5) is 11.8. The smallest absolute Gasteiger partial charge is 0.315 e. The molecule has 0 aliphatic rings. The summed E-state index contributed by atoms with van der Waals surface area (Å²) in [6, 6.07) is 13.2. The van der Waals surface area contributed by atoms with Crippen LogP contribution in [0.5, 0.6) is 17.2 Å². The van der Waals surface area contributed by atoms with Gasteiger partial charge in [0.15, 0.2) is 11.5 Å². The lowest BCUT2D eigenvalue weighted by atomic mass is 10.1. The number of hydrogen-bond donors (Lipinski definition) is 2. The van der Waals surface area contributed by atoms with Crippen LogP contribution in [0, 0.1) is 6.92 Å². The Morgan fingerprint density at radius 3 is 2.36 bits per heavy atom. The van der Waals surface area contributed by atoms with Gasteiger partial charge in [0.25, 0.3) is 0 Å². The molecule has 134 valence electrons. The Balaban J connectivity index is 1.72. The predicted molar refractivity (Wildman–Crippen MR) is 96.5 cm³/mol. The van der Waals surface area contributed by atoms with E-state index in [4.69, 9.17) is 14.2 Å². The minimum absolute atomic E-state index is 0.234. The zero-order valence-electron chi connectivity index (χ0n) is 14.8. The molecule has 0 radical (unpaired) electrons. The highest BCUT2D eigenvalue weighted by Crippen LogP contribution is 2.36. The summed E-state index contributed by atoms with van der Waals surface area (Å²) >= 11 is 0. The van der Waals surface area contributed by atoms with Gasteiger partial charge in [-0.25, -0.2) is 4.79 Å². The predicted octanol–water partition coefficient (Wildman–Crippen LogP) is 2.89. The van der Waals surface area contributed by atoms with E-state index in [-0.39, 0.29) is 6.03 Å². The van der Waals surface area contributed by atoms with Gasteiger partial charge in [-0.3, -0.25) is 0 Å². The summed E-state index contributed by atoms with van der Waals surface area (Å²) in [5.41, 5.74) is 2.25. The zero-order valence-corrected chi connectivity index (χ0v) is 14.8. The van der Waals surface area contributed by atoms with Gasteiger partial charge in [-0.2, -0.15) is 0 Å². The van der Waals surface area contributed by atoms with Crippen LogP contribution < -0.4 is 24.8 Å². The average molecular weight is 344 g/mol. The van der Waals surface area contributed by atoms with E-state index in [1.807, 2.05) is 37.3 Å². The number of benzene rings is 2. The summed E-state index contributed by atoms with van der Waals surface area (Å²) in [6.45, 7) is 3.21.